The zero-order valence-corrected chi connectivity index (χ0v) is 16.3. The van der Waals surface area contributed by atoms with E-state index in [1.807, 2.05) is 25.1 Å². The number of ether oxygens (including phenoxy) is 1. The standard InChI is InChI=1S/C22H24N2O4/c1-4-11-24-14(2)21(18-13-17(28-3)9-10-19(18)24)22(27)23-16-7-5-15(6-8-16)12-20(25)26/h5-10,13H,4,11-12H2,1-3H3,(H,23,27)(H,25,26). The number of aliphatic carboxylic acids is 1. The number of hydrogen-bond acceptors (Lipinski definition) is 3. The van der Waals surface area contributed by atoms with Crippen molar-refractivity contribution in [2.45, 2.75) is 33.2 Å². The van der Waals surface area contributed by atoms with Gasteiger partial charge in [0.15, 0.2) is 0 Å². The first-order valence-corrected chi connectivity index (χ1v) is 9.23. The van der Waals surface area contributed by atoms with Crippen LogP contribution in [0.5, 0.6) is 5.75 Å². The van der Waals surface area contributed by atoms with E-state index in [0.717, 1.165) is 29.6 Å². The van der Waals surface area contributed by atoms with E-state index in [-0.39, 0.29) is 12.3 Å². The van der Waals surface area contributed by atoms with E-state index in [9.17, 15) is 9.59 Å². The Balaban J connectivity index is 1.96. The number of amides is 1. The molecular weight excluding hydrogens is 356 g/mol. The van der Waals surface area contributed by atoms with Gasteiger partial charge in [0, 0.05) is 28.8 Å². The summed E-state index contributed by atoms with van der Waals surface area (Å²) >= 11 is 0. The number of methoxy groups -OCH3 is 1. The molecule has 146 valence electrons. The van der Waals surface area contributed by atoms with Crippen LogP contribution in [0.4, 0.5) is 5.69 Å². The summed E-state index contributed by atoms with van der Waals surface area (Å²) in [6, 6.07) is 12.6. The number of benzene rings is 2. The van der Waals surface area contributed by atoms with Crippen LogP contribution in [0, 0.1) is 6.92 Å². The molecule has 0 aliphatic heterocycles. The third kappa shape index (κ3) is 3.86. The Kier molecular flexibility index (Phi) is 5.68. The van der Waals surface area contributed by atoms with Crippen molar-refractivity contribution in [3.8, 4) is 5.75 Å². The number of hydrogen-bond donors (Lipinski definition) is 2. The molecule has 0 spiro atoms. The predicted molar refractivity (Wildman–Crippen MR) is 109 cm³/mol. The molecule has 0 saturated carbocycles. The third-order valence-corrected chi connectivity index (χ3v) is 4.77. The van der Waals surface area contributed by atoms with E-state index in [2.05, 4.69) is 16.8 Å². The van der Waals surface area contributed by atoms with Crippen LogP contribution >= 0.6 is 0 Å². The molecule has 0 fully saturated rings. The lowest BCUT2D eigenvalue weighted by Crippen LogP contribution is -2.13. The summed E-state index contributed by atoms with van der Waals surface area (Å²) < 4.78 is 7.49. The highest BCUT2D eigenvalue weighted by molar-refractivity contribution is 6.14. The molecule has 3 aromatic rings. The number of carboxylic acid groups (broad SMARTS) is 1. The van der Waals surface area contributed by atoms with Crippen LogP contribution in [-0.2, 0) is 17.8 Å². The summed E-state index contributed by atoms with van der Waals surface area (Å²) in [5, 5.41) is 12.6. The Morgan fingerprint density at radius 1 is 1.14 bits per heavy atom. The Morgan fingerprint density at radius 3 is 2.46 bits per heavy atom. The molecule has 6 heteroatoms. The van der Waals surface area contributed by atoms with Gasteiger partial charge in [0.2, 0.25) is 0 Å². The minimum Gasteiger partial charge on any atom is -0.497 e. The van der Waals surface area contributed by atoms with Gasteiger partial charge in [0.25, 0.3) is 5.91 Å². The van der Waals surface area contributed by atoms with E-state index >= 15 is 0 Å². The zero-order valence-electron chi connectivity index (χ0n) is 16.3. The van der Waals surface area contributed by atoms with Crippen LogP contribution < -0.4 is 10.1 Å². The van der Waals surface area contributed by atoms with Crippen molar-refractivity contribution in [2.24, 2.45) is 0 Å². The average molecular weight is 380 g/mol. The number of carboxylic acids is 1. The first-order chi connectivity index (χ1) is 13.4. The fraction of sp³-hybridized carbons (Fsp3) is 0.273. The van der Waals surface area contributed by atoms with Gasteiger partial charge >= 0.3 is 5.97 Å². The number of aryl methyl sites for hydroxylation is 1. The third-order valence-electron chi connectivity index (χ3n) is 4.77. The van der Waals surface area contributed by atoms with Gasteiger partial charge in [-0.05, 0) is 49.2 Å². The van der Waals surface area contributed by atoms with Crippen LogP contribution in [0.1, 0.15) is 35.0 Å². The van der Waals surface area contributed by atoms with Gasteiger partial charge in [-0.25, -0.2) is 0 Å². The van der Waals surface area contributed by atoms with Gasteiger partial charge in [-0.2, -0.15) is 0 Å². The van der Waals surface area contributed by atoms with Crippen LogP contribution in [0.25, 0.3) is 10.9 Å². The Hall–Kier alpha value is -3.28. The van der Waals surface area contributed by atoms with Crippen molar-refractivity contribution in [3.05, 3.63) is 59.3 Å². The van der Waals surface area contributed by atoms with Crippen molar-refractivity contribution in [1.29, 1.82) is 0 Å². The molecule has 2 aromatic carbocycles. The fourth-order valence-corrected chi connectivity index (χ4v) is 3.46. The number of carbonyl (C=O) groups is 2. The van der Waals surface area contributed by atoms with Crippen molar-refractivity contribution in [3.63, 3.8) is 0 Å². The van der Waals surface area contributed by atoms with Crippen molar-refractivity contribution >= 4 is 28.5 Å². The maximum Gasteiger partial charge on any atom is 0.307 e. The van der Waals surface area contributed by atoms with Crippen LogP contribution in [0.3, 0.4) is 0 Å². The summed E-state index contributed by atoms with van der Waals surface area (Å²) in [6.45, 7) is 4.88. The molecule has 6 nitrogen and oxygen atoms in total. The number of nitrogens with zero attached hydrogens (tertiary/aromatic N) is 1. The number of rotatable bonds is 7. The van der Waals surface area contributed by atoms with Crippen molar-refractivity contribution < 1.29 is 19.4 Å². The first kappa shape index (κ1) is 19.5. The van der Waals surface area contributed by atoms with Gasteiger partial charge in [0.1, 0.15) is 5.75 Å². The molecule has 0 bridgehead atoms. The molecule has 1 amide bonds. The topological polar surface area (TPSA) is 80.6 Å². The molecule has 3 rings (SSSR count). The molecule has 1 aromatic heterocycles. The Morgan fingerprint density at radius 2 is 1.86 bits per heavy atom. The normalized spacial score (nSPS) is 10.8. The second kappa shape index (κ2) is 8.17. The molecule has 28 heavy (non-hydrogen) atoms. The smallest absolute Gasteiger partial charge is 0.307 e. The van der Waals surface area contributed by atoms with Crippen LogP contribution in [-0.4, -0.2) is 28.7 Å². The second-order valence-electron chi connectivity index (χ2n) is 6.72. The summed E-state index contributed by atoms with van der Waals surface area (Å²) in [7, 11) is 1.61. The lowest BCUT2D eigenvalue weighted by molar-refractivity contribution is -0.136. The highest BCUT2D eigenvalue weighted by atomic mass is 16.5. The van der Waals surface area contributed by atoms with Gasteiger partial charge in [0.05, 0.1) is 19.1 Å². The molecule has 0 atom stereocenters. The molecule has 2 N–H and O–H groups in total. The fourth-order valence-electron chi connectivity index (χ4n) is 3.46. The molecule has 0 saturated heterocycles. The minimum absolute atomic E-state index is 0.0440. The van der Waals surface area contributed by atoms with Gasteiger partial charge in [-0.15, -0.1) is 0 Å². The molecule has 0 aliphatic rings. The summed E-state index contributed by atoms with van der Waals surface area (Å²) in [4.78, 5) is 23.9. The van der Waals surface area contributed by atoms with E-state index in [0.29, 0.717) is 22.6 Å². The number of carbonyl (C=O) groups excluding carboxylic acids is 1. The predicted octanol–water partition coefficient (Wildman–Crippen LogP) is 4.25. The van der Waals surface area contributed by atoms with E-state index in [1.54, 1.807) is 31.4 Å². The number of nitrogens with one attached hydrogen (secondary N) is 1. The Bertz CT molecular complexity index is 1020. The summed E-state index contributed by atoms with van der Waals surface area (Å²) in [6.07, 6.45) is 0.917. The van der Waals surface area contributed by atoms with Gasteiger partial charge in [-0.1, -0.05) is 19.1 Å². The average Bonchev–Trinajstić information content (AvgIpc) is 2.94. The minimum atomic E-state index is -0.884. The maximum absolute atomic E-state index is 13.1. The molecule has 0 unspecified atom stereocenters. The van der Waals surface area contributed by atoms with Crippen molar-refractivity contribution in [1.82, 2.24) is 4.57 Å². The molecule has 1 heterocycles. The maximum atomic E-state index is 13.1. The number of fused-ring (bicyclic) bond motifs is 1. The van der Waals surface area contributed by atoms with Crippen LogP contribution in [0.15, 0.2) is 42.5 Å². The number of anilines is 1. The van der Waals surface area contributed by atoms with Crippen LogP contribution in [0.2, 0.25) is 0 Å². The molecular formula is C22H24N2O4. The van der Waals surface area contributed by atoms with E-state index in [4.69, 9.17) is 9.84 Å². The largest absolute Gasteiger partial charge is 0.497 e. The van der Waals surface area contributed by atoms with Gasteiger partial charge in [-0.3, -0.25) is 9.59 Å². The zero-order chi connectivity index (χ0) is 20.3. The lowest BCUT2D eigenvalue weighted by Gasteiger charge is -2.08. The Labute approximate surface area is 163 Å². The van der Waals surface area contributed by atoms with Crippen molar-refractivity contribution in [2.75, 3.05) is 12.4 Å². The van der Waals surface area contributed by atoms with E-state index in [1.165, 1.54) is 0 Å². The van der Waals surface area contributed by atoms with Gasteiger partial charge < -0.3 is 19.7 Å². The monoisotopic (exact) mass is 380 g/mol. The van der Waals surface area contributed by atoms with E-state index < -0.39 is 5.97 Å². The molecule has 0 aliphatic carbocycles. The highest BCUT2D eigenvalue weighted by Crippen LogP contribution is 2.30. The first-order valence-electron chi connectivity index (χ1n) is 9.23. The number of aromatic nitrogens is 1. The summed E-state index contributed by atoms with van der Waals surface area (Å²) in [5.74, 6) is -0.380. The second-order valence-corrected chi connectivity index (χ2v) is 6.72. The quantitative estimate of drug-likeness (QED) is 0.642. The summed E-state index contributed by atoms with van der Waals surface area (Å²) in [5.41, 5.74) is 3.84. The lowest BCUT2D eigenvalue weighted by atomic mass is 10.1. The molecule has 0 radical (unpaired) electrons. The SMILES string of the molecule is CCCn1c(C)c(C(=O)Nc2ccc(CC(=O)O)cc2)c2cc(OC)ccc21. The highest BCUT2D eigenvalue weighted by Gasteiger charge is 2.20.